The Labute approximate surface area is 94.0 Å². The van der Waals surface area contributed by atoms with E-state index in [4.69, 9.17) is 0 Å². The molecule has 2 nitrogen and oxygen atoms in total. The van der Waals surface area contributed by atoms with Crippen molar-refractivity contribution in [3.05, 3.63) is 41.4 Å². The molecule has 0 atom stereocenters. The fraction of sp³-hybridized carbons (Fsp3) is 0.250. The van der Waals surface area contributed by atoms with Crippen LogP contribution in [0.3, 0.4) is 0 Å². The van der Waals surface area contributed by atoms with Gasteiger partial charge in [0.05, 0.1) is 5.03 Å². The van der Waals surface area contributed by atoms with E-state index >= 15 is 0 Å². The van der Waals surface area contributed by atoms with Crippen molar-refractivity contribution in [1.82, 2.24) is 0 Å². The molecular formula is C12H13NOS. The maximum Gasteiger partial charge on any atom is 0.160 e. The highest BCUT2D eigenvalue weighted by Gasteiger charge is 2.18. The van der Waals surface area contributed by atoms with Crippen LogP contribution in [0, 0.1) is 0 Å². The third-order valence-corrected chi connectivity index (χ3v) is 3.17. The summed E-state index contributed by atoms with van der Waals surface area (Å²) in [6.45, 7) is 0.787. The van der Waals surface area contributed by atoms with E-state index in [1.165, 1.54) is 0 Å². The minimum absolute atomic E-state index is 0.228. The molecule has 0 amide bonds. The molecule has 78 valence electrons. The molecule has 0 aliphatic carbocycles. The summed E-state index contributed by atoms with van der Waals surface area (Å²) in [4.78, 5) is 13.5. The number of anilines is 1. The maximum absolute atomic E-state index is 11.3. The number of nitrogens with zero attached hydrogens (tertiary/aromatic N) is 1. The van der Waals surface area contributed by atoms with Crippen molar-refractivity contribution in [3.63, 3.8) is 0 Å². The highest BCUT2D eigenvalue weighted by atomic mass is 32.2. The molecular weight excluding hydrogens is 206 g/mol. The monoisotopic (exact) mass is 219 g/mol. The molecule has 0 spiro atoms. The Hall–Kier alpha value is -1.22. The lowest BCUT2D eigenvalue weighted by atomic mass is 10.2. The van der Waals surface area contributed by atoms with Crippen LogP contribution in [-0.4, -0.2) is 18.6 Å². The number of hydrogen-bond acceptors (Lipinski definition) is 3. The molecule has 15 heavy (non-hydrogen) atoms. The number of rotatable bonds is 2. The first-order valence-corrected chi connectivity index (χ1v) is 6.15. The molecule has 1 aromatic rings. The van der Waals surface area contributed by atoms with E-state index in [-0.39, 0.29) is 5.78 Å². The van der Waals surface area contributed by atoms with Crippen LogP contribution in [0.5, 0.6) is 0 Å². The van der Waals surface area contributed by atoms with Crippen molar-refractivity contribution in [3.8, 4) is 0 Å². The third-order valence-electron chi connectivity index (χ3n) is 2.41. The van der Waals surface area contributed by atoms with Gasteiger partial charge in [0.15, 0.2) is 5.78 Å². The fourth-order valence-corrected chi connectivity index (χ4v) is 2.32. The number of carbonyl (C=O) groups excluding carboxylic acids is 1. The Kier molecular flexibility index (Phi) is 3.11. The van der Waals surface area contributed by atoms with E-state index in [1.807, 2.05) is 24.5 Å². The van der Waals surface area contributed by atoms with Gasteiger partial charge in [-0.3, -0.25) is 4.79 Å². The van der Waals surface area contributed by atoms with E-state index in [0.717, 1.165) is 17.3 Å². The van der Waals surface area contributed by atoms with Gasteiger partial charge in [-0.1, -0.05) is 18.2 Å². The number of allylic oxidation sites excluding steroid dienone is 1. The Bertz CT molecular complexity index is 386. The van der Waals surface area contributed by atoms with Crippen molar-refractivity contribution in [2.45, 2.75) is 6.42 Å². The smallest absolute Gasteiger partial charge is 0.160 e. The zero-order chi connectivity index (χ0) is 10.7. The lowest BCUT2D eigenvalue weighted by Crippen LogP contribution is -2.28. The molecule has 0 unspecified atom stereocenters. The van der Waals surface area contributed by atoms with E-state index < -0.39 is 0 Å². The zero-order valence-electron chi connectivity index (χ0n) is 8.64. The standard InChI is InChI=1S/C12H13NOS/c1-15-12-9-11(14)7-8-13(12)10-5-3-2-4-6-10/h2-6,9H,7-8H2,1H3. The number of benzene rings is 1. The van der Waals surface area contributed by atoms with Crippen LogP contribution < -0.4 is 4.90 Å². The van der Waals surface area contributed by atoms with Crippen LogP contribution in [0.15, 0.2) is 41.4 Å². The van der Waals surface area contributed by atoms with Gasteiger partial charge in [0.2, 0.25) is 0 Å². The third kappa shape index (κ3) is 2.23. The molecule has 0 bridgehead atoms. The summed E-state index contributed by atoms with van der Waals surface area (Å²) in [5.41, 5.74) is 1.16. The topological polar surface area (TPSA) is 20.3 Å². The zero-order valence-corrected chi connectivity index (χ0v) is 9.46. The normalized spacial score (nSPS) is 16.5. The summed E-state index contributed by atoms with van der Waals surface area (Å²) < 4.78 is 0. The summed E-state index contributed by atoms with van der Waals surface area (Å²) in [6, 6.07) is 10.2. The summed E-state index contributed by atoms with van der Waals surface area (Å²) in [6.07, 6.45) is 4.35. The van der Waals surface area contributed by atoms with Crippen molar-refractivity contribution in [2.24, 2.45) is 0 Å². The molecule has 0 radical (unpaired) electrons. The minimum atomic E-state index is 0.228. The fourth-order valence-electron chi connectivity index (χ4n) is 1.65. The average molecular weight is 219 g/mol. The molecule has 0 aromatic heterocycles. The first-order valence-electron chi connectivity index (χ1n) is 4.92. The molecule has 0 saturated heterocycles. The highest BCUT2D eigenvalue weighted by Crippen LogP contribution is 2.28. The Morgan fingerprint density at radius 3 is 2.67 bits per heavy atom. The quantitative estimate of drug-likeness (QED) is 0.762. The number of ketones is 1. The summed E-state index contributed by atoms with van der Waals surface area (Å²) >= 11 is 1.62. The predicted octanol–water partition coefficient (Wildman–Crippen LogP) is 2.67. The van der Waals surface area contributed by atoms with Gasteiger partial charge in [-0.05, 0) is 18.4 Å². The Balaban J connectivity index is 2.30. The van der Waals surface area contributed by atoms with Crippen molar-refractivity contribution < 1.29 is 4.79 Å². The van der Waals surface area contributed by atoms with Crippen LogP contribution in [0.25, 0.3) is 0 Å². The van der Waals surface area contributed by atoms with Crippen LogP contribution in [0.1, 0.15) is 6.42 Å². The van der Waals surface area contributed by atoms with Crippen LogP contribution >= 0.6 is 11.8 Å². The Morgan fingerprint density at radius 2 is 2.00 bits per heavy atom. The first kappa shape index (κ1) is 10.3. The molecule has 0 fully saturated rings. The molecule has 2 rings (SSSR count). The van der Waals surface area contributed by atoms with E-state index in [9.17, 15) is 4.79 Å². The van der Waals surface area contributed by atoms with Crippen LogP contribution in [-0.2, 0) is 4.79 Å². The number of para-hydroxylation sites is 1. The lowest BCUT2D eigenvalue weighted by molar-refractivity contribution is -0.114. The number of thioether (sulfide) groups is 1. The maximum atomic E-state index is 11.3. The number of carbonyl (C=O) groups is 1. The lowest BCUT2D eigenvalue weighted by Gasteiger charge is -2.28. The summed E-state index contributed by atoms with van der Waals surface area (Å²) in [5.74, 6) is 0.228. The molecule has 0 N–H and O–H groups in total. The predicted molar refractivity (Wildman–Crippen MR) is 65.0 cm³/mol. The second-order valence-electron chi connectivity index (χ2n) is 3.39. The van der Waals surface area contributed by atoms with E-state index in [1.54, 1.807) is 17.8 Å². The summed E-state index contributed by atoms with van der Waals surface area (Å²) in [7, 11) is 0. The number of hydrogen-bond donors (Lipinski definition) is 0. The van der Waals surface area contributed by atoms with Crippen molar-refractivity contribution in [1.29, 1.82) is 0 Å². The summed E-state index contributed by atoms with van der Waals surface area (Å²) in [5, 5.41) is 1.04. The van der Waals surface area contributed by atoms with Gasteiger partial charge in [-0.2, -0.15) is 0 Å². The molecule has 1 aliphatic rings. The molecule has 3 heteroatoms. The van der Waals surface area contributed by atoms with Gasteiger partial charge < -0.3 is 4.90 Å². The minimum Gasteiger partial charge on any atom is -0.336 e. The van der Waals surface area contributed by atoms with Gasteiger partial charge in [0.1, 0.15) is 0 Å². The molecule has 1 aliphatic heterocycles. The van der Waals surface area contributed by atoms with Gasteiger partial charge in [-0.15, -0.1) is 11.8 Å². The average Bonchev–Trinajstić information content (AvgIpc) is 2.30. The van der Waals surface area contributed by atoms with Gasteiger partial charge in [-0.25, -0.2) is 0 Å². The molecule has 1 aromatic carbocycles. The Morgan fingerprint density at radius 1 is 1.27 bits per heavy atom. The second-order valence-corrected chi connectivity index (χ2v) is 4.22. The van der Waals surface area contributed by atoms with Gasteiger partial charge >= 0.3 is 0 Å². The van der Waals surface area contributed by atoms with Crippen LogP contribution in [0.4, 0.5) is 5.69 Å². The molecule has 1 heterocycles. The second kappa shape index (κ2) is 4.53. The highest BCUT2D eigenvalue weighted by molar-refractivity contribution is 8.02. The van der Waals surface area contributed by atoms with Gasteiger partial charge in [0, 0.05) is 24.7 Å². The SMILES string of the molecule is CSC1=CC(=O)CCN1c1ccccc1. The van der Waals surface area contributed by atoms with Crippen LogP contribution in [0.2, 0.25) is 0 Å². The largest absolute Gasteiger partial charge is 0.336 e. The van der Waals surface area contributed by atoms with Crippen molar-refractivity contribution in [2.75, 3.05) is 17.7 Å². The van der Waals surface area contributed by atoms with E-state index in [0.29, 0.717) is 6.42 Å². The van der Waals surface area contributed by atoms with Crippen molar-refractivity contribution >= 4 is 23.2 Å². The van der Waals surface area contributed by atoms with Gasteiger partial charge in [0.25, 0.3) is 0 Å². The molecule has 0 saturated carbocycles. The van der Waals surface area contributed by atoms with E-state index in [2.05, 4.69) is 17.0 Å². The first-order chi connectivity index (χ1) is 7.31.